The molecule has 0 unspecified atom stereocenters. The van der Waals surface area contributed by atoms with Gasteiger partial charge in [-0.05, 0) is 23.9 Å². The highest BCUT2D eigenvalue weighted by Gasteiger charge is 2.31. The lowest BCUT2D eigenvalue weighted by Crippen LogP contribution is -2.23. The molecule has 3 heterocycles. The van der Waals surface area contributed by atoms with Crippen molar-refractivity contribution in [2.45, 2.75) is 0 Å². The number of carbonyl (C=O) groups is 1. The second-order valence-electron chi connectivity index (χ2n) is 5.27. The molecule has 0 saturated carbocycles. The van der Waals surface area contributed by atoms with Crippen molar-refractivity contribution >= 4 is 45.4 Å². The number of thiazole rings is 1. The van der Waals surface area contributed by atoms with E-state index in [9.17, 15) is 4.79 Å². The van der Waals surface area contributed by atoms with Crippen LogP contribution in [-0.4, -0.2) is 28.0 Å². The minimum absolute atomic E-state index is 0.0972. The first-order valence-corrected chi connectivity index (χ1v) is 9.21. The number of amides is 1. The molecule has 0 N–H and O–H groups in total. The SMILES string of the molecule is CN1C(=O)/C(=C\c2ccco2)S/C1=N/c1nc(-c2ccccc2)cs1. The number of thioether (sulfide) groups is 1. The molecule has 7 heteroatoms. The summed E-state index contributed by atoms with van der Waals surface area (Å²) in [5.74, 6) is 0.547. The van der Waals surface area contributed by atoms with E-state index < -0.39 is 0 Å². The van der Waals surface area contributed by atoms with E-state index in [0.717, 1.165) is 11.3 Å². The predicted molar refractivity (Wildman–Crippen MR) is 102 cm³/mol. The fraction of sp³-hybridized carbons (Fsp3) is 0.0556. The first-order chi connectivity index (χ1) is 12.2. The highest BCUT2D eigenvalue weighted by molar-refractivity contribution is 8.18. The number of likely N-dealkylation sites (N-methyl/N-ethyl adjacent to an activating group) is 1. The molecule has 1 aliphatic rings. The molecule has 0 spiro atoms. The number of aromatic nitrogens is 1. The van der Waals surface area contributed by atoms with E-state index in [2.05, 4.69) is 9.98 Å². The molecule has 1 amide bonds. The molecule has 3 aromatic rings. The molecule has 1 aliphatic heterocycles. The van der Waals surface area contributed by atoms with Gasteiger partial charge in [0.25, 0.3) is 5.91 Å². The Kier molecular flexibility index (Phi) is 4.25. The Hall–Kier alpha value is -2.64. The van der Waals surface area contributed by atoms with Gasteiger partial charge in [0.1, 0.15) is 5.76 Å². The largest absolute Gasteiger partial charge is 0.465 e. The monoisotopic (exact) mass is 367 g/mol. The number of furan rings is 1. The molecule has 25 heavy (non-hydrogen) atoms. The first kappa shape index (κ1) is 15.9. The molecule has 0 aliphatic carbocycles. The third kappa shape index (κ3) is 3.29. The number of amidine groups is 1. The molecule has 4 rings (SSSR count). The van der Waals surface area contributed by atoms with Gasteiger partial charge in [-0.15, -0.1) is 11.3 Å². The van der Waals surface area contributed by atoms with Crippen LogP contribution in [0.15, 0.2) is 68.4 Å². The molecule has 0 radical (unpaired) electrons. The number of carbonyl (C=O) groups excluding carboxylic acids is 1. The lowest BCUT2D eigenvalue weighted by atomic mass is 10.2. The minimum atomic E-state index is -0.0972. The molecular formula is C18H13N3O2S2. The average molecular weight is 367 g/mol. The van der Waals surface area contributed by atoms with E-state index in [0.29, 0.717) is 21.0 Å². The summed E-state index contributed by atoms with van der Waals surface area (Å²) in [5, 5.41) is 3.20. The van der Waals surface area contributed by atoms with Crippen molar-refractivity contribution in [3.05, 3.63) is 64.8 Å². The van der Waals surface area contributed by atoms with Crippen LogP contribution in [0.4, 0.5) is 5.13 Å². The Labute approximate surface area is 152 Å². The maximum atomic E-state index is 12.4. The van der Waals surface area contributed by atoms with Crippen LogP contribution in [0, 0.1) is 0 Å². The molecule has 1 saturated heterocycles. The summed E-state index contributed by atoms with van der Waals surface area (Å²) in [6.07, 6.45) is 3.30. The molecule has 0 bridgehead atoms. The van der Waals surface area contributed by atoms with Gasteiger partial charge in [-0.1, -0.05) is 30.3 Å². The number of nitrogens with zero attached hydrogens (tertiary/aromatic N) is 3. The number of hydrogen-bond donors (Lipinski definition) is 0. The predicted octanol–water partition coefficient (Wildman–Crippen LogP) is 4.64. The summed E-state index contributed by atoms with van der Waals surface area (Å²) < 4.78 is 5.27. The molecule has 1 fully saturated rings. The van der Waals surface area contributed by atoms with Crippen molar-refractivity contribution in [1.82, 2.24) is 9.88 Å². The van der Waals surface area contributed by atoms with Crippen molar-refractivity contribution in [2.24, 2.45) is 4.99 Å². The van der Waals surface area contributed by atoms with Gasteiger partial charge >= 0.3 is 0 Å². The Morgan fingerprint density at radius 1 is 1.20 bits per heavy atom. The molecular weight excluding hydrogens is 354 g/mol. The summed E-state index contributed by atoms with van der Waals surface area (Å²) in [7, 11) is 1.71. The lowest BCUT2D eigenvalue weighted by molar-refractivity contribution is -0.121. The summed E-state index contributed by atoms with van der Waals surface area (Å²) in [5.41, 5.74) is 1.93. The maximum Gasteiger partial charge on any atom is 0.266 e. The van der Waals surface area contributed by atoms with Gasteiger partial charge in [-0.2, -0.15) is 4.99 Å². The van der Waals surface area contributed by atoms with Crippen LogP contribution in [0.5, 0.6) is 0 Å². The number of rotatable bonds is 3. The standard InChI is InChI=1S/C18H13N3O2S2/c1-21-16(22)15(10-13-8-5-9-23-13)25-18(21)20-17-19-14(11-24-17)12-6-3-2-4-7-12/h2-11H,1H3/b15-10+,20-18+. The first-order valence-electron chi connectivity index (χ1n) is 7.51. The van der Waals surface area contributed by atoms with Gasteiger partial charge < -0.3 is 4.42 Å². The van der Waals surface area contributed by atoms with Gasteiger partial charge in [0.2, 0.25) is 5.13 Å². The lowest BCUT2D eigenvalue weighted by Gasteiger charge is -2.05. The van der Waals surface area contributed by atoms with Gasteiger partial charge in [0.05, 0.1) is 16.9 Å². The van der Waals surface area contributed by atoms with E-state index in [1.54, 1.807) is 25.5 Å². The van der Waals surface area contributed by atoms with Gasteiger partial charge in [0.15, 0.2) is 5.17 Å². The third-order valence-corrected chi connectivity index (χ3v) is 5.37. The summed E-state index contributed by atoms with van der Waals surface area (Å²) in [4.78, 5) is 23.5. The van der Waals surface area contributed by atoms with Crippen LogP contribution in [0.2, 0.25) is 0 Å². The Balaban J connectivity index is 1.60. The molecule has 124 valence electrons. The van der Waals surface area contributed by atoms with E-state index in [-0.39, 0.29) is 5.91 Å². The fourth-order valence-corrected chi connectivity index (χ4v) is 3.99. The minimum Gasteiger partial charge on any atom is -0.465 e. The Morgan fingerprint density at radius 2 is 2.04 bits per heavy atom. The Bertz CT molecular complexity index is 959. The van der Waals surface area contributed by atoms with Gasteiger partial charge in [-0.25, -0.2) is 4.98 Å². The van der Waals surface area contributed by atoms with Crippen molar-refractivity contribution < 1.29 is 9.21 Å². The maximum absolute atomic E-state index is 12.4. The van der Waals surface area contributed by atoms with Crippen LogP contribution in [0.3, 0.4) is 0 Å². The highest BCUT2D eigenvalue weighted by atomic mass is 32.2. The van der Waals surface area contributed by atoms with Crippen LogP contribution in [0.25, 0.3) is 17.3 Å². The highest BCUT2D eigenvalue weighted by Crippen LogP contribution is 2.34. The van der Waals surface area contributed by atoms with Gasteiger partial charge in [0, 0.05) is 24.1 Å². The summed E-state index contributed by atoms with van der Waals surface area (Å²) >= 11 is 2.77. The second kappa shape index (κ2) is 6.70. The topological polar surface area (TPSA) is 58.7 Å². The van der Waals surface area contributed by atoms with Crippen LogP contribution in [-0.2, 0) is 4.79 Å². The Morgan fingerprint density at radius 3 is 2.80 bits per heavy atom. The zero-order valence-electron chi connectivity index (χ0n) is 13.2. The fourth-order valence-electron chi connectivity index (χ4n) is 2.29. The van der Waals surface area contributed by atoms with Crippen molar-refractivity contribution in [3.8, 4) is 11.3 Å². The second-order valence-corrected chi connectivity index (χ2v) is 7.11. The van der Waals surface area contributed by atoms with E-state index in [4.69, 9.17) is 4.42 Å². The van der Waals surface area contributed by atoms with Crippen LogP contribution >= 0.6 is 23.1 Å². The average Bonchev–Trinajstić information content (AvgIpc) is 3.36. The van der Waals surface area contributed by atoms with Gasteiger partial charge in [-0.3, -0.25) is 9.69 Å². The van der Waals surface area contributed by atoms with Crippen LogP contribution in [0.1, 0.15) is 5.76 Å². The number of benzene rings is 1. The van der Waals surface area contributed by atoms with Crippen molar-refractivity contribution in [2.75, 3.05) is 7.05 Å². The molecule has 0 atom stereocenters. The molecule has 2 aromatic heterocycles. The normalized spacial score (nSPS) is 17.8. The smallest absolute Gasteiger partial charge is 0.266 e. The van der Waals surface area contributed by atoms with Crippen molar-refractivity contribution in [3.63, 3.8) is 0 Å². The van der Waals surface area contributed by atoms with E-state index >= 15 is 0 Å². The number of hydrogen-bond acceptors (Lipinski definition) is 6. The van der Waals surface area contributed by atoms with E-state index in [1.165, 1.54) is 28.0 Å². The zero-order chi connectivity index (χ0) is 17.2. The van der Waals surface area contributed by atoms with Crippen LogP contribution < -0.4 is 0 Å². The summed E-state index contributed by atoms with van der Waals surface area (Å²) in [6.45, 7) is 0. The van der Waals surface area contributed by atoms with Crippen molar-refractivity contribution in [1.29, 1.82) is 0 Å². The summed E-state index contributed by atoms with van der Waals surface area (Å²) in [6, 6.07) is 13.5. The third-order valence-electron chi connectivity index (χ3n) is 3.57. The zero-order valence-corrected chi connectivity index (χ0v) is 14.9. The van der Waals surface area contributed by atoms with E-state index in [1.807, 2.05) is 41.8 Å². The molecule has 5 nitrogen and oxygen atoms in total. The quantitative estimate of drug-likeness (QED) is 0.633. The number of aliphatic imine (C=N–C) groups is 1. The molecule has 1 aromatic carbocycles.